The maximum Gasteiger partial charge on any atom is 0.252 e. The lowest BCUT2D eigenvalue weighted by Gasteiger charge is -2.14. The fourth-order valence-electron chi connectivity index (χ4n) is 1.31. The van der Waals surface area contributed by atoms with Crippen molar-refractivity contribution in [2.24, 2.45) is 0 Å². The van der Waals surface area contributed by atoms with Gasteiger partial charge in [-0.2, -0.15) is 4.31 Å². The third-order valence-corrected chi connectivity index (χ3v) is 7.83. The van der Waals surface area contributed by atoms with Crippen LogP contribution in [0.3, 0.4) is 0 Å². The van der Waals surface area contributed by atoms with E-state index in [9.17, 15) is 8.42 Å². The second-order valence-corrected chi connectivity index (χ2v) is 9.61. The summed E-state index contributed by atoms with van der Waals surface area (Å²) in [5.41, 5.74) is 0. The molecule has 0 aliphatic carbocycles. The van der Waals surface area contributed by atoms with E-state index in [0.29, 0.717) is 15.4 Å². The minimum Gasteiger partial charge on any atom is -0.206 e. The summed E-state index contributed by atoms with van der Waals surface area (Å²) in [6, 6.07) is 5.28. The largest absolute Gasteiger partial charge is 0.252 e. The Hall–Kier alpha value is 0.0800. The number of nitrogens with zero attached hydrogens (tertiary/aromatic N) is 1. The van der Waals surface area contributed by atoms with Crippen molar-refractivity contribution in [2.75, 3.05) is 7.05 Å². The number of halogens is 2. The Morgan fingerprint density at radius 3 is 2.72 bits per heavy atom. The molecule has 2 heterocycles. The van der Waals surface area contributed by atoms with Crippen LogP contribution in [-0.2, 0) is 16.6 Å². The minimum atomic E-state index is -3.47. The van der Waals surface area contributed by atoms with Gasteiger partial charge in [-0.05, 0) is 33.4 Å². The van der Waals surface area contributed by atoms with Crippen molar-refractivity contribution in [3.05, 3.63) is 37.3 Å². The molecule has 98 valence electrons. The number of thiophene rings is 2. The molecular weight excluding hydrogens is 378 g/mol. The van der Waals surface area contributed by atoms with Crippen LogP contribution in [0.5, 0.6) is 0 Å². The Bertz CT molecular complexity index is 617. The highest BCUT2D eigenvalue weighted by Gasteiger charge is 2.24. The quantitative estimate of drug-likeness (QED) is 0.795. The molecule has 0 aromatic carbocycles. The van der Waals surface area contributed by atoms with Crippen LogP contribution in [0.1, 0.15) is 4.88 Å². The Morgan fingerprint density at radius 1 is 1.50 bits per heavy atom. The highest BCUT2D eigenvalue weighted by molar-refractivity contribution is 9.11. The topological polar surface area (TPSA) is 37.4 Å². The van der Waals surface area contributed by atoms with Crippen LogP contribution in [0.25, 0.3) is 0 Å². The Kier molecular flexibility index (Phi) is 4.51. The van der Waals surface area contributed by atoms with Crippen LogP contribution >= 0.6 is 50.2 Å². The van der Waals surface area contributed by atoms with Crippen molar-refractivity contribution in [1.29, 1.82) is 0 Å². The molecule has 0 N–H and O–H groups in total. The van der Waals surface area contributed by atoms with Gasteiger partial charge in [0.25, 0.3) is 10.0 Å². The second kappa shape index (κ2) is 5.60. The smallest absolute Gasteiger partial charge is 0.206 e. The lowest BCUT2D eigenvalue weighted by atomic mass is 10.5. The molecule has 0 radical (unpaired) electrons. The fourth-order valence-corrected chi connectivity index (χ4v) is 5.91. The monoisotopic (exact) mass is 385 g/mol. The third-order valence-electron chi connectivity index (χ3n) is 2.25. The summed E-state index contributed by atoms with van der Waals surface area (Å²) < 4.78 is 26.8. The van der Waals surface area contributed by atoms with Gasteiger partial charge in [0.1, 0.15) is 4.21 Å². The van der Waals surface area contributed by atoms with E-state index in [-0.39, 0.29) is 4.21 Å². The summed E-state index contributed by atoms with van der Waals surface area (Å²) in [6.07, 6.45) is 0. The fraction of sp³-hybridized carbons (Fsp3) is 0.200. The minimum absolute atomic E-state index is 0.249. The van der Waals surface area contributed by atoms with E-state index in [1.807, 2.05) is 17.5 Å². The van der Waals surface area contributed by atoms with E-state index in [2.05, 4.69) is 15.9 Å². The van der Waals surface area contributed by atoms with E-state index in [0.717, 1.165) is 16.2 Å². The van der Waals surface area contributed by atoms with Crippen LogP contribution < -0.4 is 0 Å². The predicted octanol–water partition coefficient (Wildman–Crippen LogP) is 4.05. The standard InChI is InChI=1S/C10H9BrClNO2S3/c1-13(6-7-3-2-4-16-7)18(14,15)9-5-8(12)10(11)17-9/h2-5H,6H2,1H3. The Morgan fingerprint density at radius 2 is 2.22 bits per heavy atom. The molecule has 0 saturated heterocycles. The summed E-state index contributed by atoms with van der Waals surface area (Å²) in [5, 5.41) is 2.34. The maximum absolute atomic E-state index is 12.3. The summed E-state index contributed by atoms with van der Waals surface area (Å²) in [7, 11) is -1.91. The van der Waals surface area contributed by atoms with Crippen LogP contribution in [0.4, 0.5) is 0 Å². The molecule has 0 spiro atoms. The van der Waals surface area contributed by atoms with Gasteiger partial charge in [-0.15, -0.1) is 22.7 Å². The molecule has 18 heavy (non-hydrogen) atoms. The molecule has 0 amide bonds. The van der Waals surface area contributed by atoms with Gasteiger partial charge >= 0.3 is 0 Å². The van der Waals surface area contributed by atoms with Crippen molar-refractivity contribution in [1.82, 2.24) is 4.31 Å². The normalized spacial score (nSPS) is 12.2. The first kappa shape index (κ1) is 14.5. The molecule has 0 atom stereocenters. The molecule has 2 aromatic heterocycles. The molecule has 0 fully saturated rings. The number of sulfonamides is 1. The average molecular weight is 387 g/mol. The van der Waals surface area contributed by atoms with Crippen molar-refractivity contribution in [3.63, 3.8) is 0 Å². The van der Waals surface area contributed by atoms with E-state index in [1.54, 1.807) is 7.05 Å². The van der Waals surface area contributed by atoms with Crippen molar-refractivity contribution < 1.29 is 8.42 Å². The van der Waals surface area contributed by atoms with Gasteiger partial charge in [-0.3, -0.25) is 0 Å². The van der Waals surface area contributed by atoms with Crippen molar-refractivity contribution in [3.8, 4) is 0 Å². The summed E-state index contributed by atoms with van der Waals surface area (Å²) in [6.45, 7) is 0.368. The van der Waals surface area contributed by atoms with Crippen molar-refractivity contribution >= 4 is 60.2 Å². The molecule has 2 aromatic rings. The zero-order valence-electron chi connectivity index (χ0n) is 9.26. The molecule has 3 nitrogen and oxygen atoms in total. The van der Waals surface area contributed by atoms with Gasteiger partial charge in [0, 0.05) is 18.5 Å². The summed E-state index contributed by atoms with van der Waals surface area (Å²) in [5.74, 6) is 0. The van der Waals surface area contributed by atoms with Crippen LogP contribution in [0.15, 0.2) is 31.6 Å². The predicted molar refractivity (Wildman–Crippen MR) is 80.0 cm³/mol. The van der Waals surface area contributed by atoms with E-state index < -0.39 is 10.0 Å². The highest BCUT2D eigenvalue weighted by Crippen LogP contribution is 2.36. The summed E-state index contributed by atoms with van der Waals surface area (Å²) >= 11 is 11.7. The van der Waals surface area contributed by atoms with E-state index in [4.69, 9.17) is 11.6 Å². The average Bonchev–Trinajstić information content (AvgIpc) is 2.90. The first-order valence-corrected chi connectivity index (χ1v) is 9.15. The maximum atomic E-state index is 12.3. The molecule has 2 rings (SSSR count). The highest BCUT2D eigenvalue weighted by atomic mass is 79.9. The zero-order valence-corrected chi connectivity index (χ0v) is 14.1. The number of rotatable bonds is 4. The van der Waals surface area contributed by atoms with Gasteiger partial charge in [0.05, 0.1) is 8.81 Å². The van der Waals surface area contributed by atoms with Gasteiger partial charge in [-0.25, -0.2) is 8.42 Å². The van der Waals surface area contributed by atoms with Gasteiger partial charge in [-0.1, -0.05) is 17.7 Å². The molecule has 8 heteroatoms. The lowest BCUT2D eigenvalue weighted by molar-refractivity contribution is 0.471. The molecular formula is C10H9BrClNO2S3. The Balaban J connectivity index is 2.25. The Labute approximate surface area is 127 Å². The molecule has 0 aliphatic rings. The van der Waals surface area contributed by atoms with Crippen LogP contribution in [0, 0.1) is 0 Å². The van der Waals surface area contributed by atoms with Gasteiger partial charge in [0.15, 0.2) is 0 Å². The third kappa shape index (κ3) is 2.97. The molecule has 0 aliphatic heterocycles. The zero-order chi connectivity index (χ0) is 13.3. The van der Waals surface area contributed by atoms with Crippen molar-refractivity contribution in [2.45, 2.75) is 10.8 Å². The second-order valence-electron chi connectivity index (χ2n) is 3.53. The SMILES string of the molecule is CN(Cc1cccs1)S(=O)(=O)c1cc(Cl)c(Br)s1. The number of hydrogen-bond acceptors (Lipinski definition) is 4. The first-order valence-electron chi connectivity index (χ1n) is 4.85. The first-order chi connectivity index (χ1) is 8.41. The van der Waals surface area contributed by atoms with Gasteiger partial charge < -0.3 is 0 Å². The summed E-state index contributed by atoms with van der Waals surface area (Å²) in [4.78, 5) is 1.00. The van der Waals surface area contributed by atoms with Crippen LogP contribution in [-0.4, -0.2) is 19.8 Å². The van der Waals surface area contributed by atoms with E-state index in [1.165, 1.54) is 21.7 Å². The molecule has 0 unspecified atom stereocenters. The van der Waals surface area contributed by atoms with Crippen LogP contribution in [0.2, 0.25) is 5.02 Å². The lowest BCUT2D eigenvalue weighted by Crippen LogP contribution is -2.25. The van der Waals surface area contributed by atoms with Gasteiger partial charge in [0.2, 0.25) is 0 Å². The molecule has 0 bridgehead atoms. The molecule has 0 saturated carbocycles. The van der Waals surface area contributed by atoms with E-state index >= 15 is 0 Å². The number of hydrogen-bond donors (Lipinski definition) is 0.